The summed E-state index contributed by atoms with van der Waals surface area (Å²) in [6.45, 7) is 3.14. The van der Waals surface area contributed by atoms with Crippen LogP contribution >= 0.6 is 0 Å². The molecule has 2 aromatic rings. The van der Waals surface area contributed by atoms with Crippen LogP contribution in [0, 0.1) is 0 Å². The summed E-state index contributed by atoms with van der Waals surface area (Å²) in [6.07, 6.45) is 0. The lowest BCUT2D eigenvalue weighted by molar-refractivity contribution is -0.146. The SMILES string of the molecule is CCOC(=O)c1ccc(NC(C)C(=O)OCN2C(=O)c3ccccc3C2=O)cc1. The zero-order valence-corrected chi connectivity index (χ0v) is 16.0. The van der Waals surface area contributed by atoms with Crippen molar-refractivity contribution < 1.29 is 28.7 Å². The number of ether oxygens (including phenoxy) is 2. The Morgan fingerprint density at radius 1 is 0.966 bits per heavy atom. The van der Waals surface area contributed by atoms with Gasteiger partial charge in [0, 0.05) is 5.69 Å². The molecular formula is C21H20N2O6. The highest BCUT2D eigenvalue weighted by Gasteiger charge is 2.36. The van der Waals surface area contributed by atoms with E-state index in [-0.39, 0.29) is 6.61 Å². The molecule has 0 fully saturated rings. The second-order valence-electron chi connectivity index (χ2n) is 6.34. The fourth-order valence-electron chi connectivity index (χ4n) is 2.84. The fourth-order valence-corrected chi connectivity index (χ4v) is 2.84. The molecule has 1 aliphatic heterocycles. The van der Waals surface area contributed by atoms with Crippen LogP contribution in [-0.4, -0.2) is 48.0 Å². The Labute approximate surface area is 167 Å². The van der Waals surface area contributed by atoms with Gasteiger partial charge in [-0.3, -0.25) is 9.59 Å². The van der Waals surface area contributed by atoms with Crippen molar-refractivity contribution >= 4 is 29.4 Å². The van der Waals surface area contributed by atoms with Crippen molar-refractivity contribution in [2.24, 2.45) is 0 Å². The first-order valence-electron chi connectivity index (χ1n) is 9.08. The van der Waals surface area contributed by atoms with Crippen LogP contribution in [0.3, 0.4) is 0 Å². The average Bonchev–Trinajstić information content (AvgIpc) is 2.97. The van der Waals surface area contributed by atoms with Crippen molar-refractivity contribution in [1.82, 2.24) is 4.90 Å². The number of esters is 2. The van der Waals surface area contributed by atoms with Crippen LogP contribution in [-0.2, 0) is 14.3 Å². The third-order valence-electron chi connectivity index (χ3n) is 4.35. The molecule has 8 heteroatoms. The number of amides is 2. The molecule has 0 radical (unpaired) electrons. The summed E-state index contributed by atoms with van der Waals surface area (Å²) in [5.74, 6) is -2.04. The largest absolute Gasteiger partial charge is 0.462 e. The first-order valence-corrected chi connectivity index (χ1v) is 9.08. The van der Waals surface area contributed by atoms with Crippen molar-refractivity contribution in [1.29, 1.82) is 0 Å². The molecule has 0 saturated heterocycles. The maximum atomic E-state index is 12.3. The Morgan fingerprint density at radius 3 is 2.10 bits per heavy atom. The van der Waals surface area contributed by atoms with Crippen LogP contribution in [0.25, 0.3) is 0 Å². The fraction of sp³-hybridized carbons (Fsp3) is 0.238. The van der Waals surface area contributed by atoms with E-state index in [1.807, 2.05) is 0 Å². The molecule has 1 unspecified atom stereocenters. The Kier molecular flexibility index (Phi) is 5.92. The van der Waals surface area contributed by atoms with Gasteiger partial charge in [-0.2, -0.15) is 0 Å². The highest BCUT2D eigenvalue weighted by atomic mass is 16.5. The molecular weight excluding hydrogens is 376 g/mol. The molecule has 0 bridgehead atoms. The van der Waals surface area contributed by atoms with Gasteiger partial charge in [-0.25, -0.2) is 14.5 Å². The minimum Gasteiger partial charge on any atom is -0.462 e. The Bertz CT molecular complexity index is 919. The number of benzene rings is 2. The van der Waals surface area contributed by atoms with Gasteiger partial charge >= 0.3 is 11.9 Å². The van der Waals surface area contributed by atoms with E-state index in [9.17, 15) is 19.2 Å². The van der Waals surface area contributed by atoms with Gasteiger partial charge in [0.05, 0.1) is 23.3 Å². The van der Waals surface area contributed by atoms with E-state index in [2.05, 4.69) is 5.32 Å². The van der Waals surface area contributed by atoms with Crippen LogP contribution in [0.2, 0.25) is 0 Å². The highest BCUT2D eigenvalue weighted by molar-refractivity contribution is 6.21. The minimum atomic E-state index is -0.737. The van der Waals surface area contributed by atoms with Crippen LogP contribution < -0.4 is 5.32 Å². The molecule has 0 spiro atoms. The van der Waals surface area contributed by atoms with E-state index in [0.29, 0.717) is 22.4 Å². The van der Waals surface area contributed by atoms with Gasteiger partial charge in [-0.1, -0.05) is 12.1 Å². The predicted octanol–water partition coefficient (Wildman–Crippen LogP) is 2.46. The third kappa shape index (κ3) is 4.26. The van der Waals surface area contributed by atoms with Crippen LogP contribution in [0.1, 0.15) is 44.9 Å². The number of nitrogens with zero attached hydrogens (tertiary/aromatic N) is 1. The zero-order chi connectivity index (χ0) is 21.0. The van der Waals surface area contributed by atoms with Gasteiger partial charge in [-0.15, -0.1) is 0 Å². The lowest BCUT2D eigenvalue weighted by atomic mass is 10.1. The summed E-state index contributed by atoms with van der Waals surface area (Å²) < 4.78 is 10.0. The van der Waals surface area contributed by atoms with E-state index in [1.165, 1.54) is 0 Å². The minimum absolute atomic E-state index is 0.287. The number of carbonyl (C=O) groups excluding carboxylic acids is 4. The average molecular weight is 396 g/mol. The van der Waals surface area contributed by atoms with E-state index < -0.39 is 36.5 Å². The monoisotopic (exact) mass is 396 g/mol. The third-order valence-corrected chi connectivity index (χ3v) is 4.35. The van der Waals surface area contributed by atoms with Gasteiger partial charge < -0.3 is 14.8 Å². The topological polar surface area (TPSA) is 102 Å². The number of hydrogen-bond acceptors (Lipinski definition) is 7. The summed E-state index contributed by atoms with van der Waals surface area (Å²) >= 11 is 0. The number of rotatable bonds is 7. The molecule has 2 amide bonds. The quantitative estimate of drug-likeness (QED) is 0.566. The van der Waals surface area contributed by atoms with Gasteiger partial charge in [0.25, 0.3) is 11.8 Å². The van der Waals surface area contributed by atoms with Crippen LogP contribution in [0.4, 0.5) is 5.69 Å². The van der Waals surface area contributed by atoms with E-state index in [0.717, 1.165) is 4.90 Å². The molecule has 29 heavy (non-hydrogen) atoms. The van der Waals surface area contributed by atoms with Crippen molar-refractivity contribution in [2.75, 3.05) is 18.7 Å². The standard InChI is InChI=1S/C21H20N2O6/c1-3-28-21(27)14-8-10-15(11-9-14)22-13(2)20(26)29-12-23-18(24)16-6-4-5-7-17(16)19(23)25/h4-11,13,22H,3,12H2,1-2H3. The van der Waals surface area contributed by atoms with E-state index >= 15 is 0 Å². The summed E-state index contributed by atoms with van der Waals surface area (Å²) in [5.41, 5.74) is 1.59. The van der Waals surface area contributed by atoms with Crippen molar-refractivity contribution in [3.63, 3.8) is 0 Å². The maximum Gasteiger partial charge on any atom is 0.338 e. The molecule has 0 aromatic heterocycles. The molecule has 1 aliphatic rings. The number of fused-ring (bicyclic) bond motifs is 1. The lowest BCUT2D eigenvalue weighted by Crippen LogP contribution is -2.36. The molecule has 1 atom stereocenters. The smallest absolute Gasteiger partial charge is 0.338 e. The maximum absolute atomic E-state index is 12.3. The first kappa shape index (κ1) is 20.1. The van der Waals surface area contributed by atoms with Gasteiger partial charge in [-0.05, 0) is 50.2 Å². The summed E-state index contributed by atoms with van der Waals surface area (Å²) in [7, 11) is 0. The van der Waals surface area contributed by atoms with Crippen LogP contribution in [0.5, 0.6) is 0 Å². The summed E-state index contributed by atoms with van der Waals surface area (Å²) in [6, 6.07) is 12.1. The summed E-state index contributed by atoms with van der Waals surface area (Å²) in [4.78, 5) is 49.3. The molecule has 2 aromatic carbocycles. The molecule has 1 N–H and O–H groups in total. The van der Waals surface area contributed by atoms with Crippen molar-refractivity contribution in [3.05, 3.63) is 65.2 Å². The van der Waals surface area contributed by atoms with Crippen molar-refractivity contribution in [2.45, 2.75) is 19.9 Å². The van der Waals surface area contributed by atoms with Gasteiger partial charge in [0.15, 0.2) is 6.73 Å². The number of imide groups is 1. The highest BCUT2D eigenvalue weighted by Crippen LogP contribution is 2.22. The van der Waals surface area contributed by atoms with Gasteiger partial charge in [0.1, 0.15) is 6.04 Å². The van der Waals surface area contributed by atoms with E-state index in [4.69, 9.17) is 9.47 Å². The second kappa shape index (κ2) is 8.55. The number of anilines is 1. The van der Waals surface area contributed by atoms with Crippen molar-refractivity contribution in [3.8, 4) is 0 Å². The van der Waals surface area contributed by atoms with E-state index in [1.54, 1.807) is 62.4 Å². The second-order valence-corrected chi connectivity index (χ2v) is 6.34. The predicted molar refractivity (Wildman–Crippen MR) is 103 cm³/mol. The molecule has 0 saturated carbocycles. The molecule has 0 aliphatic carbocycles. The molecule has 3 rings (SSSR count). The normalized spacial score (nSPS) is 13.7. The number of hydrogen-bond donors (Lipinski definition) is 1. The number of nitrogens with one attached hydrogen (secondary N) is 1. The Morgan fingerprint density at radius 2 is 1.55 bits per heavy atom. The van der Waals surface area contributed by atoms with Crippen LogP contribution in [0.15, 0.2) is 48.5 Å². The molecule has 1 heterocycles. The lowest BCUT2D eigenvalue weighted by Gasteiger charge is -2.18. The van der Waals surface area contributed by atoms with Gasteiger partial charge in [0.2, 0.25) is 0 Å². The Hall–Kier alpha value is -3.68. The summed E-state index contributed by atoms with van der Waals surface area (Å²) in [5, 5.41) is 2.94. The Balaban J connectivity index is 1.54. The first-order chi connectivity index (χ1) is 13.9. The zero-order valence-electron chi connectivity index (χ0n) is 16.0. The number of carbonyl (C=O) groups is 4. The molecule has 8 nitrogen and oxygen atoms in total. The molecule has 150 valence electrons.